The summed E-state index contributed by atoms with van der Waals surface area (Å²) in [5, 5.41) is 5.71. The van der Waals surface area contributed by atoms with Crippen LogP contribution >= 0.6 is 0 Å². The van der Waals surface area contributed by atoms with Crippen LogP contribution in [-0.4, -0.2) is 29.5 Å². The molecule has 0 aromatic carbocycles. The zero-order chi connectivity index (χ0) is 13.4. The Morgan fingerprint density at radius 2 is 2.06 bits per heavy atom. The van der Waals surface area contributed by atoms with E-state index in [2.05, 4.69) is 34.4 Å². The standard InChI is InChI=1S/C13H22N4O/c1-10(2)6-4-5-7-15-13(18)11-8-17-12(14-3)9-16-11/h8-10H,4-7H2,1-3H3,(H,14,17)(H,15,18). The van der Waals surface area contributed by atoms with Crippen molar-refractivity contribution in [3.05, 3.63) is 18.1 Å². The molecule has 5 nitrogen and oxygen atoms in total. The molecule has 0 atom stereocenters. The molecule has 5 heteroatoms. The fourth-order valence-corrected chi connectivity index (χ4v) is 1.54. The average Bonchev–Trinajstić information content (AvgIpc) is 2.38. The molecule has 0 unspecified atom stereocenters. The van der Waals surface area contributed by atoms with Gasteiger partial charge in [0.05, 0.1) is 12.4 Å². The predicted octanol–water partition coefficient (Wildman–Crippen LogP) is 2.07. The molecular weight excluding hydrogens is 228 g/mol. The number of carbonyl (C=O) groups is 1. The van der Waals surface area contributed by atoms with Gasteiger partial charge < -0.3 is 10.6 Å². The first-order valence-corrected chi connectivity index (χ1v) is 6.41. The number of nitrogens with zero attached hydrogens (tertiary/aromatic N) is 2. The summed E-state index contributed by atoms with van der Waals surface area (Å²) in [7, 11) is 1.76. The van der Waals surface area contributed by atoms with E-state index in [-0.39, 0.29) is 5.91 Å². The minimum atomic E-state index is -0.158. The Morgan fingerprint density at radius 3 is 2.61 bits per heavy atom. The second-order valence-corrected chi connectivity index (χ2v) is 4.68. The highest BCUT2D eigenvalue weighted by molar-refractivity contribution is 5.91. The van der Waals surface area contributed by atoms with Crippen LogP contribution in [0.4, 0.5) is 5.82 Å². The number of carbonyl (C=O) groups excluding carboxylic acids is 1. The molecule has 0 aliphatic rings. The van der Waals surface area contributed by atoms with Crippen molar-refractivity contribution < 1.29 is 4.79 Å². The van der Waals surface area contributed by atoms with Gasteiger partial charge in [-0.1, -0.05) is 26.7 Å². The van der Waals surface area contributed by atoms with Gasteiger partial charge in [-0.15, -0.1) is 0 Å². The van der Waals surface area contributed by atoms with Crippen LogP contribution in [0.25, 0.3) is 0 Å². The van der Waals surface area contributed by atoms with Crippen LogP contribution in [0.1, 0.15) is 43.6 Å². The van der Waals surface area contributed by atoms with Gasteiger partial charge in [0.2, 0.25) is 0 Å². The van der Waals surface area contributed by atoms with Crippen molar-refractivity contribution >= 4 is 11.7 Å². The average molecular weight is 250 g/mol. The van der Waals surface area contributed by atoms with Crippen molar-refractivity contribution in [3.63, 3.8) is 0 Å². The first-order chi connectivity index (χ1) is 8.63. The summed E-state index contributed by atoms with van der Waals surface area (Å²) in [6.07, 6.45) is 6.38. The van der Waals surface area contributed by atoms with Crippen LogP contribution in [0.3, 0.4) is 0 Å². The van der Waals surface area contributed by atoms with Gasteiger partial charge in [0.1, 0.15) is 11.5 Å². The molecule has 0 saturated heterocycles. The number of hydrogen-bond donors (Lipinski definition) is 2. The molecule has 18 heavy (non-hydrogen) atoms. The maximum absolute atomic E-state index is 11.7. The first kappa shape index (κ1) is 14.4. The van der Waals surface area contributed by atoms with Gasteiger partial charge in [-0.05, 0) is 12.3 Å². The molecule has 1 heterocycles. The van der Waals surface area contributed by atoms with Gasteiger partial charge in [-0.25, -0.2) is 9.97 Å². The monoisotopic (exact) mass is 250 g/mol. The first-order valence-electron chi connectivity index (χ1n) is 6.41. The van der Waals surface area contributed by atoms with E-state index < -0.39 is 0 Å². The normalized spacial score (nSPS) is 10.4. The smallest absolute Gasteiger partial charge is 0.271 e. The van der Waals surface area contributed by atoms with Crippen LogP contribution in [-0.2, 0) is 0 Å². The molecule has 1 aromatic heterocycles. The van der Waals surface area contributed by atoms with E-state index in [0.717, 1.165) is 18.8 Å². The van der Waals surface area contributed by atoms with Gasteiger partial charge in [-0.3, -0.25) is 4.79 Å². The third kappa shape index (κ3) is 5.12. The molecule has 0 saturated carbocycles. The van der Waals surface area contributed by atoms with Crippen molar-refractivity contribution in [3.8, 4) is 0 Å². The van der Waals surface area contributed by atoms with Crippen LogP contribution < -0.4 is 10.6 Å². The van der Waals surface area contributed by atoms with E-state index in [4.69, 9.17) is 0 Å². The molecule has 0 aliphatic carbocycles. The fourth-order valence-electron chi connectivity index (χ4n) is 1.54. The number of rotatable bonds is 7. The van der Waals surface area contributed by atoms with Crippen molar-refractivity contribution in [1.29, 1.82) is 0 Å². The lowest BCUT2D eigenvalue weighted by molar-refractivity contribution is 0.0947. The molecule has 0 aliphatic heterocycles. The Labute approximate surface area is 108 Å². The minimum absolute atomic E-state index is 0.158. The molecule has 2 N–H and O–H groups in total. The van der Waals surface area contributed by atoms with Crippen LogP contribution in [0.15, 0.2) is 12.4 Å². The van der Waals surface area contributed by atoms with E-state index in [1.165, 1.54) is 12.6 Å². The minimum Gasteiger partial charge on any atom is -0.372 e. The summed E-state index contributed by atoms with van der Waals surface area (Å²) >= 11 is 0. The predicted molar refractivity (Wildman–Crippen MR) is 72.6 cm³/mol. The van der Waals surface area contributed by atoms with E-state index >= 15 is 0 Å². The lowest BCUT2D eigenvalue weighted by Crippen LogP contribution is -2.25. The number of unbranched alkanes of at least 4 members (excludes halogenated alkanes) is 1. The largest absolute Gasteiger partial charge is 0.372 e. The molecule has 0 fully saturated rings. The van der Waals surface area contributed by atoms with Crippen molar-refractivity contribution in [2.24, 2.45) is 5.92 Å². The summed E-state index contributed by atoms with van der Waals surface area (Å²) in [4.78, 5) is 19.8. The summed E-state index contributed by atoms with van der Waals surface area (Å²) in [5.74, 6) is 1.22. The summed E-state index contributed by atoms with van der Waals surface area (Å²) < 4.78 is 0. The summed E-state index contributed by atoms with van der Waals surface area (Å²) in [6, 6.07) is 0. The Bertz CT molecular complexity index is 362. The SMILES string of the molecule is CNc1cnc(C(=O)NCCCCC(C)C)cn1. The second kappa shape index (κ2) is 7.63. The maximum atomic E-state index is 11.7. The molecule has 0 bridgehead atoms. The van der Waals surface area contributed by atoms with Gasteiger partial charge in [0.25, 0.3) is 5.91 Å². The van der Waals surface area contributed by atoms with Gasteiger partial charge in [0, 0.05) is 13.6 Å². The van der Waals surface area contributed by atoms with E-state index in [1.54, 1.807) is 13.2 Å². The Morgan fingerprint density at radius 1 is 1.28 bits per heavy atom. The van der Waals surface area contributed by atoms with Gasteiger partial charge in [-0.2, -0.15) is 0 Å². The molecule has 100 valence electrons. The number of nitrogens with one attached hydrogen (secondary N) is 2. The van der Waals surface area contributed by atoms with Crippen LogP contribution in [0.5, 0.6) is 0 Å². The number of hydrogen-bond acceptors (Lipinski definition) is 4. The quantitative estimate of drug-likeness (QED) is 0.727. The third-order valence-electron chi connectivity index (χ3n) is 2.63. The van der Waals surface area contributed by atoms with Gasteiger partial charge >= 0.3 is 0 Å². The van der Waals surface area contributed by atoms with E-state index in [1.807, 2.05) is 0 Å². The summed E-state index contributed by atoms with van der Waals surface area (Å²) in [6.45, 7) is 5.11. The fraction of sp³-hybridized carbons (Fsp3) is 0.615. The van der Waals surface area contributed by atoms with E-state index in [0.29, 0.717) is 18.1 Å². The second-order valence-electron chi connectivity index (χ2n) is 4.68. The highest BCUT2D eigenvalue weighted by atomic mass is 16.1. The van der Waals surface area contributed by atoms with Crippen molar-refractivity contribution in [2.45, 2.75) is 33.1 Å². The zero-order valence-electron chi connectivity index (χ0n) is 11.4. The Hall–Kier alpha value is -1.65. The molecule has 1 aromatic rings. The third-order valence-corrected chi connectivity index (χ3v) is 2.63. The topological polar surface area (TPSA) is 66.9 Å². The molecule has 0 radical (unpaired) electrons. The van der Waals surface area contributed by atoms with Gasteiger partial charge in [0.15, 0.2) is 0 Å². The number of anilines is 1. The molecule has 1 rings (SSSR count). The molecule has 1 amide bonds. The maximum Gasteiger partial charge on any atom is 0.271 e. The highest BCUT2D eigenvalue weighted by Crippen LogP contribution is 2.05. The Balaban J connectivity index is 2.27. The molecular formula is C13H22N4O. The number of amides is 1. The highest BCUT2D eigenvalue weighted by Gasteiger charge is 2.06. The lowest BCUT2D eigenvalue weighted by atomic mass is 10.1. The van der Waals surface area contributed by atoms with Crippen molar-refractivity contribution in [2.75, 3.05) is 18.9 Å². The van der Waals surface area contributed by atoms with Crippen LogP contribution in [0.2, 0.25) is 0 Å². The van der Waals surface area contributed by atoms with Crippen LogP contribution in [0, 0.1) is 5.92 Å². The van der Waals surface area contributed by atoms with Crippen molar-refractivity contribution in [1.82, 2.24) is 15.3 Å². The Kier molecular flexibility index (Phi) is 6.11. The van der Waals surface area contributed by atoms with E-state index in [9.17, 15) is 4.79 Å². The lowest BCUT2D eigenvalue weighted by Gasteiger charge is -2.06. The summed E-state index contributed by atoms with van der Waals surface area (Å²) in [5.41, 5.74) is 0.359. The number of aromatic nitrogens is 2. The molecule has 0 spiro atoms. The zero-order valence-corrected chi connectivity index (χ0v) is 11.4.